The predicted molar refractivity (Wildman–Crippen MR) is 100 cm³/mol. The number of hydrogen-bond donors (Lipinski definition) is 2. The number of aromatic hydroxyl groups is 1. The lowest BCUT2D eigenvalue weighted by Gasteiger charge is -2.10. The first-order valence-corrected chi connectivity index (χ1v) is 8.63. The second-order valence-corrected chi connectivity index (χ2v) is 6.58. The van der Waals surface area contributed by atoms with Crippen molar-refractivity contribution < 1.29 is 14.6 Å². The Morgan fingerprint density at radius 1 is 1.19 bits per heavy atom. The van der Waals surface area contributed by atoms with Gasteiger partial charge < -0.3 is 14.8 Å². The topological polar surface area (TPSA) is 76.1 Å². The number of aliphatic hydroxyl groups excluding tert-OH is 1. The summed E-state index contributed by atoms with van der Waals surface area (Å²) in [5, 5.41) is 29.6. The number of rotatable bonds is 4. The van der Waals surface area contributed by atoms with Crippen LogP contribution in [0.15, 0.2) is 48.7 Å². The standard InChI is InChI=1S/C20H19FN4O2/c1-12(11-26)24-10-15-9-14(7-8-16(15)20(24)27)19-13(2)25(23-22-19)18-6-4-3-5-17(18)21/h3-10,12,26-27H,11H2,1-2H3. The zero-order valence-electron chi connectivity index (χ0n) is 15.0. The van der Waals surface area contributed by atoms with Crippen molar-refractivity contribution in [2.24, 2.45) is 0 Å². The third-order valence-corrected chi connectivity index (χ3v) is 4.80. The molecule has 0 aliphatic carbocycles. The van der Waals surface area contributed by atoms with Gasteiger partial charge in [0.05, 0.1) is 18.3 Å². The maximum Gasteiger partial charge on any atom is 0.199 e. The SMILES string of the molecule is Cc1c(-c2ccc3c(O)n(C(C)CO)cc3c2)nnn1-c1ccccc1F. The average Bonchev–Trinajstić information content (AvgIpc) is 3.21. The van der Waals surface area contributed by atoms with Crippen molar-refractivity contribution in [3.05, 3.63) is 60.2 Å². The second-order valence-electron chi connectivity index (χ2n) is 6.58. The van der Waals surface area contributed by atoms with Crippen LogP contribution in [-0.4, -0.2) is 36.4 Å². The van der Waals surface area contributed by atoms with Crippen molar-refractivity contribution in [2.45, 2.75) is 19.9 Å². The molecule has 2 heterocycles. The molecule has 4 rings (SSSR count). The third kappa shape index (κ3) is 2.76. The molecule has 7 heteroatoms. The maximum absolute atomic E-state index is 14.1. The molecule has 0 bridgehead atoms. The summed E-state index contributed by atoms with van der Waals surface area (Å²) in [4.78, 5) is 0. The first kappa shape index (κ1) is 17.2. The Bertz CT molecular complexity index is 1130. The Hall–Kier alpha value is -3.19. The number of halogens is 1. The van der Waals surface area contributed by atoms with E-state index in [2.05, 4.69) is 10.3 Å². The number of fused-ring (bicyclic) bond motifs is 1. The van der Waals surface area contributed by atoms with E-state index in [0.29, 0.717) is 22.5 Å². The molecule has 4 aromatic rings. The van der Waals surface area contributed by atoms with Gasteiger partial charge in [-0.1, -0.05) is 23.4 Å². The van der Waals surface area contributed by atoms with Gasteiger partial charge in [0.1, 0.15) is 17.2 Å². The second kappa shape index (κ2) is 6.51. The summed E-state index contributed by atoms with van der Waals surface area (Å²) in [7, 11) is 0. The van der Waals surface area contributed by atoms with Crippen LogP contribution in [0.2, 0.25) is 0 Å². The summed E-state index contributed by atoms with van der Waals surface area (Å²) in [5.41, 5.74) is 2.52. The van der Waals surface area contributed by atoms with Crippen molar-refractivity contribution in [2.75, 3.05) is 6.61 Å². The summed E-state index contributed by atoms with van der Waals surface area (Å²) < 4.78 is 17.2. The van der Waals surface area contributed by atoms with Gasteiger partial charge in [-0.15, -0.1) is 5.10 Å². The van der Waals surface area contributed by atoms with Gasteiger partial charge in [0.2, 0.25) is 0 Å². The first-order chi connectivity index (χ1) is 13.0. The molecule has 2 aromatic carbocycles. The van der Waals surface area contributed by atoms with Gasteiger partial charge in [0.15, 0.2) is 5.88 Å². The van der Waals surface area contributed by atoms with E-state index in [1.807, 2.05) is 32.0 Å². The minimum atomic E-state index is -0.368. The lowest BCUT2D eigenvalue weighted by atomic mass is 10.1. The van der Waals surface area contributed by atoms with Gasteiger partial charge in [-0.2, -0.15) is 0 Å². The summed E-state index contributed by atoms with van der Waals surface area (Å²) in [5.74, 6) is -0.252. The smallest absolute Gasteiger partial charge is 0.199 e. The molecular formula is C20H19FN4O2. The minimum absolute atomic E-state index is 0.0719. The van der Waals surface area contributed by atoms with E-state index in [4.69, 9.17) is 0 Å². The number of nitrogens with zero attached hydrogens (tertiary/aromatic N) is 4. The van der Waals surface area contributed by atoms with Crippen LogP contribution in [0, 0.1) is 12.7 Å². The summed E-state index contributed by atoms with van der Waals surface area (Å²) in [6.07, 6.45) is 1.80. The molecule has 138 valence electrons. The monoisotopic (exact) mass is 366 g/mol. The first-order valence-electron chi connectivity index (χ1n) is 8.63. The molecule has 0 spiro atoms. The van der Waals surface area contributed by atoms with Crippen molar-refractivity contribution in [3.8, 4) is 22.8 Å². The van der Waals surface area contributed by atoms with E-state index < -0.39 is 0 Å². The van der Waals surface area contributed by atoms with Crippen LogP contribution >= 0.6 is 0 Å². The highest BCUT2D eigenvalue weighted by Crippen LogP contribution is 2.33. The number of aliphatic hydroxyl groups is 1. The van der Waals surface area contributed by atoms with Gasteiger partial charge in [0, 0.05) is 22.5 Å². The molecule has 0 amide bonds. The van der Waals surface area contributed by atoms with Crippen LogP contribution in [0.4, 0.5) is 4.39 Å². The van der Waals surface area contributed by atoms with Gasteiger partial charge in [0.25, 0.3) is 0 Å². The Morgan fingerprint density at radius 3 is 2.70 bits per heavy atom. The van der Waals surface area contributed by atoms with Gasteiger partial charge in [-0.25, -0.2) is 9.07 Å². The molecule has 0 saturated carbocycles. The summed E-state index contributed by atoms with van der Waals surface area (Å²) >= 11 is 0. The normalized spacial score (nSPS) is 12.6. The molecule has 0 fully saturated rings. The molecule has 27 heavy (non-hydrogen) atoms. The Balaban J connectivity index is 1.80. The average molecular weight is 366 g/mol. The van der Waals surface area contributed by atoms with Crippen LogP contribution in [0.5, 0.6) is 5.88 Å². The quantitative estimate of drug-likeness (QED) is 0.579. The molecule has 2 N–H and O–H groups in total. The molecule has 0 radical (unpaired) electrons. The lowest BCUT2D eigenvalue weighted by molar-refractivity contribution is 0.230. The van der Waals surface area contributed by atoms with Crippen LogP contribution < -0.4 is 0 Å². The number of benzene rings is 2. The Morgan fingerprint density at radius 2 is 1.96 bits per heavy atom. The molecule has 6 nitrogen and oxygen atoms in total. The van der Waals surface area contributed by atoms with E-state index in [-0.39, 0.29) is 24.3 Å². The molecule has 1 atom stereocenters. The van der Waals surface area contributed by atoms with E-state index >= 15 is 0 Å². The lowest BCUT2D eigenvalue weighted by Crippen LogP contribution is -2.06. The molecule has 0 saturated heterocycles. The van der Waals surface area contributed by atoms with Gasteiger partial charge in [-0.3, -0.25) is 0 Å². The fourth-order valence-electron chi connectivity index (χ4n) is 3.24. The molecule has 0 aliphatic rings. The van der Waals surface area contributed by atoms with E-state index in [1.165, 1.54) is 10.7 Å². The fraction of sp³-hybridized carbons (Fsp3) is 0.200. The Kier molecular flexibility index (Phi) is 4.16. The number of para-hydroxylation sites is 1. The van der Waals surface area contributed by atoms with Crippen LogP contribution in [0.1, 0.15) is 18.7 Å². The van der Waals surface area contributed by atoms with Crippen LogP contribution in [0.25, 0.3) is 27.7 Å². The highest BCUT2D eigenvalue weighted by molar-refractivity contribution is 5.91. The summed E-state index contributed by atoms with van der Waals surface area (Å²) in [6.45, 7) is 3.59. The fourth-order valence-corrected chi connectivity index (χ4v) is 3.24. The zero-order chi connectivity index (χ0) is 19.1. The van der Waals surface area contributed by atoms with Crippen LogP contribution in [-0.2, 0) is 0 Å². The molecular weight excluding hydrogens is 347 g/mol. The van der Waals surface area contributed by atoms with Gasteiger partial charge >= 0.3 is 0 Å². The zero-order valence-corrected chi connectivity index (χ0v) is 15.0. The third-order valence-electron chi connectivity index (χ3n) is 4.80. The largest absolute Gasteiger partial charge is 0.494 e. The van der Waals surface area contributed by atoms with E-state index in [0.717, 1.165) is 10.9 Å². The highest BCUT2D eigenvalue weighted by Gasteiger charge is 2.17. The number of hydrogen-bond acceptors (Lipinski definition) is 4. The minimum Gasteiger partial charge on any atom is -0.494 e. The molecule has 1 unspecified atom stereocenters. The summed E-state index contributed by atoms with van der Waals surface area (Å²) in [6, 6.07) is 11.7. The van der Waals surface area contributed by atoms with E-state index in [1.54, 1.807) is 29.0 Å². The molecule has 0 aliphatic heterocycles. The maximum atomic E-state index is 14.1. The molecule has 2 aromatic heterocycles. The van der Waals surface area contributed by atoms with Gasteiger partial charge in [-0.05, 0) is 38.1 Å². The Labute approximate surface area is 155 Å². The van der Waals surface area contributed by atoms with Crippen LogP contribution in [0.3, 0.4) is 0 Å². The van der Waals surface area contributed by atoms with E-state index in [9.17, 15) is 14.6 Å². The highest BCUT2D eigenvalue weighted by atomic mass is 19.1. The van der Waals surface area contributed by atoms with Crippen molar-refractivity contribution in [1.82, 2.24) is 19.6 Å². The number of aromatic nitrogens is 4. The van der Waals surface area contributed by atoms with Crippen molar-refractivity contribution in [3.63, 3.8) is 0 Å². The predicted octanol–water partition coefficient (Wildman–Crippen LogP) is 3.60. The van der Waals surface area contributed by atoms with Crippen molar-refractivity contribution >= 4 is 10.8 Å². The van der Waals surface area contributed by atoms with Crippen molar-refractivity contribution in [1.29, 1.82) is 0 Å².